The molecule has 0 heterocycles. The van der Waals surface area contributed by atoms with Crippen molar-refractivity contribution >= 4 is 0 Å². The van der Waals surface area contributed by atoms with Gasteiger partial charge in [0, 0.05) is 6.54 Å². The first-order valence-electron chi connectivity index (χ1n) is 6.82. The van der Waals surface area contributed by atoms with Gasteiger partial charge >= 0.3 is 6.18 Å². The number of nitrogens with one attached hydrogen (secondary N) is 1. The molecule has 0 atom stereocenters. The molecule has 1 aromatic rings. The first kappa shape index (κ1) is 16.8. The minimum atomic E-state index is -4.39. The lowest BCUT2D eigenvalue weighted by Gasteiger charge is -2.15. The van der Waals surface area contributed by atoms with Crippen LogP contribution < -0.4 is 10.1 Å². The Bertz CT molecular complexity index is 416. The van der Waals surface area contributed by atoms with Gasteiger partial charge in [-0.2, -0.15) is 13.2 Å². The van der Waals surface area contributed by atoms with Gasteiger partial charge < -0.3 is 10.1 Å². The summed E-state index contributed by atoms with van der Waals surface area (Å²) in [6.07, 6.45) is -2.69. The fourth-order valence-corrected chi connectivity index (χ4v) is 1.91. The second-order valence-corrected chi connectivity index (χ2v) is 5.24. The molecule has 0 spiro atoms. The molecule has 0 saturated heterocycles. The van der Waals surface area contributed by atoms with E-state index >= 15 is 0 Å². The van der Waals surface area contributed by atoms with Crippen molar-refractivity contribution in [1.29, 1.82) is 0 Å². The zero-order valence-corrected chi connectivity index (χ0v) is 12.2. The first-order chi connectivity index (χ1) is 9.34. The molecule has 0 amide bonds. The molecule has 1 aromatic carbocycles. The van der Waals surface area contributed by atoms with Crippen LogP contribution in [0, 0.1) is 5.92 Å². The minimum Gasteiger partial charge on any atom is -0.493 e. The smallest absolute Gasteiger partial charge is 0.419 e. The van der Waals surface area contributed by atoms with Gasteiger partial charge in [0.05, 0.1) is 12.2 Å². The number of benzene rings is 1. The highest BCUT2D eigenvalue weighted by Gasteiger charge is 2.34. The standard InChI is InChI=1S/C15H22F3NO/c1-11(2)5-4-8-20-14-7-6-12(10-19-3)9-13(14)15(16,17)18/h6-7,9,11,19H,4-5,8,10H2,1-3H3. The van der Waals surface area contributed by atoms with Gasteiger partial charge in [0.15, 0.2) is 0 Å². The maximum Gasteiger partial charge on any atom is 0.419 e. The van der Waals surface area contributed by atoms with E-state index in [-0.39, 0.29) is 5.75 Å². The van der Waals surface area contributed by atoms with Crippen LogP contribution in [0.15, 0.2) is 18.2 Å². The summed E-state index contributed by atoms with van der Waals surface area (Å²) in [7, 11) is 1.70. The molecule has 0 aliphatic carbocycles. The third kappa shape index (κ3) is 5.41. The third-order valence-corrected chi connectivity index (χ3v) is 2.91. The second-order valence-electron chi connectivity index (χ2n) is 5.24. The van der Waals surface area contributed by atoms with E-state index in [9.17, 15) is 13.2 Å². The van der Waals surface area contributed by atoms with Gasteiger partial charge in [0.2, 0.25) is 0 Å². The van der Waals surface area contributed by atoms with Gasteiger partial charge in [-0.15, -0.1) is 0 Å². The Kier molecular flexibility index (Phi) is 6.33. The molecule has 1 N–H and O–H groups in total. The number of ether oxygens (including phenoxy) is 1. The molecule has 0 aliphatic heterocycles. The Balaban J connectivity index is 2.78. The van der Waals surface area contributed by atoms with E-state index in [0.29, 0.717) is 24.6 Å². The summed E-state index contributed by atoms with van der Waals surface area (Å²) in [6, 6.07) is 4.21. The molecule has 0 radical (unpaired) electrons. The molecular formula is C15H22F3NO. The summed E-state index contributed by atoms with van der Waals surface area (Å²) < 4.78 is 44.3. The van der Waals surface area contributed by atoms with Crippen molar-refractivity contribution in [2.45, 2.75) is 39.4 Å². The number of rotatable bonds is 7. The number of hydrogen-bond acceptors (Lipinski definition) is 2. The monoisotopic (exact) mass is 289 g/mol. The highest BCUT2D eigenvalue weighted by Crippen LogP contribution is 2.37. The van der Waals surface area contributed by atoms with Crippen molar-refractivity contribution in [1.82, 2.24) is 5.32 Å². The van der Waals surface area contributed by atoms with Crippen LogP contribution in [0.4, 0.5) is 13.2 Å². The fraction of sp³-hybridized carbons (Fsp3) is 0.600. The van der Waals surface area contributed by atoms with Crippen molar-refractivity contribution in [3.05, 3.63) is 29.3 Å². The van der Waals surface area contributed by atoms with Crippen LogP contribution in [0.2, 0.25) is 0 Å². The lowest BCUT2D eigenvalue weighted by Crippen LogP contribution is -2.12. The van der Waals surface area contributed by atoms with Crippen molar-refractivity contribution in [3.8, 4) is 5.75 Å². The van der Waals surface area contributed by atoms with Crippen molar-refractivity contribution in [3.63, 3.8) is 0 Å². The van der Waals surface area contributed by atoms with Crippen molar-refractivity contribution < 1.29 is 17.9 Å². The Morgan fingerprint density at radius 1 is 1.25 bits per heavy atom. The van der Waals surface area contributed by atoms with Crippen LogP contribution in [0.1, 0.15) is 37.8 Å². The van der Waals surface area contributed by atoms with Gasteiger partial charge in [-0.1, -0.05) is 19.9 Å². The van der Waals surface area contributed by atoms with Crippen LogP contribution in [0.3, 0.4) is 0 Å². The highest BCUT2D eigenvalue weighted by molar-refractivity contribution is 5.39. The molecule has 0 aliphatic rings. The summed E-state index contributed by atoms with van der Waals surface area (Å²) >= 11 is 0. The summed E-state index contributed by atoms with van der Waals surface area (Å²) in [5.74, 6) is 0.444. The Morgan fingerprint density at radius 3 is 2.50 bits per heavy atom. The van der Waals surface area contributed by atoms with E-state index in [1.54, 1.807) is 13.1 Å². The van der Waals surface area contributed by atoms with Gasteiger partial charge in [0.25, 0.3) is 0 Å². The zero-order chi connectivity index (χ0) is 15.2. The molecular weight excluding hydrogens is 267 g/mol. The van der Waals surface area contributed by atoms with Crippen LogP contribution in [-0.4, -0.2) is 13.7 Å². The quantitative estimate of drug-likeness (QED) is 0.758. The van der Waals surface area contributed by atoms with E-state index < -0.39 is 11.7 Å². The summed E-state index contributed by atoms with van der Waals surface area (Å²) in [5.41, 5.74) is -0.107. The van der Waals surface area contributed by atoms with E-state index in [1.165, 1.54) is 6.07 Å². The van der Waals surface area contributed by atoms with E-state index in [4.69, 9.17) is 4.74 Å². The van der Waals surface area contributed by atoms with E-state index in [0.717, 1.165) is 18.9 Å². The van der Waals surface area contributed by atoms with Crippen LogP contribution in [-0.2, 0) is 12.7 Å². The molecule has 0 saturated carbocycles. The normalized spacial score (nSPS) is 11.9. The molecule has 2 nitrogen and oxygen atoms in total. The fourth-order valence-electron chi connectivity index (χ4n) is 1.91. The topological polar surface area (TPSA) is 21.3 Å². The average Bonchev–Trinajstić information content (AvgIpc) is 2.34. The molecule has 0 bridgehead atoms. The molecule has 1 rings (SSSR count). The zero-order valence-electron chi connectivity index (χ0n) is 12.2. The molecule has 0 unspecified atom stereocenters. The maximum atomic E-state index is 13.0. The van der Waals surface area contributed by atoms with E-state index in [2.05, 4.69) is 19.2 Å². The summed E-state index contributed by atoms with van der Waals surface area (Å²) in [5, 5.41) is 2.84. The predicted octanol–water partition coefficient (Wildman–Crippen LogP) is 4.24. The molecule has 5 heteroatoms. The Labute approximate surface area is 118 Å². The van der Waals surface area contributed by atoms with Crippen LogP contribution >= 0.6 is 0 Å². The largest absolute Gasteiger partial charge is 0.493 e. The second kappa shape index (κ2) is 7.53. The highest BCUT2D eigenvalue weighted by atomic mass is 19.4. The lowest BCUT2D eigenvalue weighted by atomic mass is 10.1. The maximum absolute atomic E-state index is 13.0. The van der Waals surface area contributed by atoms with Gasteiger partial charge in [-0.3, -0.25) is 0 Å². The van der Waals surface area contributed by atoms with Gasteiger partial charge in [-0.25, -0.2) is 0 Å². The van der Waals surface area contributed by atoms with Crippen molar-refractivity contribution in [2.24, 2.45) is 5.92 Å². The SMILES string of the molecule is CNCc1ccc(OCCCC(C)C)c(C(F)(F)F)c1. The Morgan fingerprint density at radius 2 is 1.95 bits per heavy atom. The number of alkyl halides is 3. The minimum absolute atomic E-state index is 0.0823. The molecule has 0 aromatic heterocycles. The van der Waals surface area contributed by atoms with Gasteiger partial charge in [-0.05, 0) is 43.5 Å². The number of halogens is 3. The van der Waals surface area contributed by atoms with Gasteiger partial charge in [0.1, 0.15) is 5.75 Å². The van der Waals surface area contributed by atoms with Crippen LogP contribution in [0.25, 0.3) is 0 Å². The average molecular weight is 289 g/mol. The molecule has 0 fully saturated rings. The summed E-state index contributed by atoms with van der Waals surface area (Å²) in [6.45, 7) is 4.87. The first-order valence-corrected chi connectivity index (χ1v) is 6.82. The predicted molar refractivity (Wildman–Crippen MR) is 73.8 cm³/mol. The van der Waals surface area contributed by atoms with Crippen LogP contribution in [0.5, 0.6) is 5.75 Å². The summed E-state index contributed by atoms with van der Waals surface area (Å²) in [4.78, 5) is 0. The molecule has 114 valence electrons. The van der Waals surface area contributed by atoms with Crippen molar-refractivity contribution in [2.75, 3.05) is 13.7 Å². The Hall–Kier alpha value is -1.23. The lowest BCUT2D eigenvalue weighted by molar-refractivity contribution is -0.139. The van der Waals surface area contributed by atoms with E-state index in [1.807, 2.05) is 0 Å². The number of hydrogen-bond donors (Lipinski definition) is 1. The third-order valence-electron chi connectivity index (χ3n) is 2.91. The molecule has 20 heavy (non-hydrogen) atoms.